The normalized spacial score (nSPS) is 13.8. The molecule has 2 heterocycles. The molecule has 2 aromatic carbocycles. The molecule has 0 aliphatic carbocycles. The van der Waals surface area contributed by atoms with Crippen LogP contribution in [-0.4, -0.2) is 18.4 Å². The number of halogens is 1. The number of imide groups is 1. The van der Waals surface area contributed by atoms with Crippen molar-refractivity contribution in [3.8, 4) is 5.75 Å². The van der Waals surface area contributed by atoms with E-state index in [0.717, 1.165) is 16.9 Å². The third-order valence-electron chi connectivity index (χ3n) is 4.84. The van der Waals surface area contributed by atoms with E-state index in [1.54, 1.807) is 24.3 Å². The van der Waals surface area contributed by atoms with Crippen molar-refractivity contribution in [3.63, 3.8) is 0 Å². The van der Waals surface area contributed by atoms with Crippen LogP contribution in [0.1, 0.15) is 23.8 Å². The number of aryl methyl sites for hydroxylation is 1. The van der Waals surface area contributed by atoms with Gasteiger partial charge in [0.05, 0.1) is 17.9 Å². The topological polar surface area (TPSA) is 58.6 Å². The number of thiophene rings is 1. The van der Waals surface area contributed by atoms with E-state index in [0.29, 0.717) is 34.3 Å². The number of hydrogen-bond acceptors (Lipinski definition) is 5. The lowest BCUT2D eigenvalue weighted by molar-refractivity contribution is -0.120. The number of amides is 2. The molecule has 4 rings (SSSR count). The number of benzene rings is 2. The summed E-state index contributed by atoms with van der Waals surface area (Å²) in [6, 6.07) is 16.2. The molecule has 0 fully saturated rings. The lowest BCUT2D eigenvalue weighted by Gasteiger charge is -2.16. The van der Waals surface area contributed by atoms with Gasteiger partial charge in [0.25, 0.3) is 11.8 Å². The highest BCUT2D eigenvalue weighted by atomic mass is 35.5. The average molecular weight is 453 g/mol. The smallest absolute Gasteiger partial charge is 0.282 e. The highest BCUT2D eigenvalue weighted by molar-refractivity contribution is 7.11. The predicted molar refractivity (Wildman–Crippen MR) is 126 cm³/mol. The number of anilines is 2. The first-order chi connectivity index (χ1) is 15.0. The molecule has 0 unspecified atom stereocenters. The second-order valence-electron chi connectivity index (χ2n) is 7.11. The van der Waals surface area contributed by atoms with Gasteiger partial charge >= 0.3 is 0 Å². The van der Waals surface area contributed by atoms with Crippen LogP contribution >= 0.6 is 22.9 Å². The van der Waals surface area contributed by atoms with Crippen molar-refractivity contribution in [1.82, 2.24) is 0 Å². The van der Waals surface area contributed by atoms with Gasteiger partial charge in [0.2, 0.25) is 0 Å². The van der Waals surface area contributed by atoms with Crippen molar-refractivity contribution in [2.75, 3.05) is 16.8 Å². The molecule has 158 valence electrons. The summed E-state index contributed by atoms with van der Waals surface area (Å²) in [5.74, 6) is -0.178. The molecule has 0 spiro atoms. The number of carbonyl (C=O) groups is 2. The minimum Gasteiger partial charge on any atom is -0.494 e. The number of ether oxygens (including phenoxy) is 1. The van der Waals surface area contributed by atoms with Crippen LogP contribution in [0.2, 0.25) is 5.02 Å². The summed E-state index contributed by atoms with van der Waals surface area (Å²) >= 11 is 7.66. The van der Waals surface area contributed by atoms with Gasteiger partial charge in [0, 0.05) is 21.7 Å². The Hall–Kier alpha value is -3.09. The molecule has 0 atom stereocenters. The van der Waals surface area contributed by atoms with Crippen LogP contribution in [-0.2, 0) is 9.59 Å². The zero-order chi connectivity index (χ0) is 22.0. The highest BCUT2D eigenvalue weighted by Crippen LogP contribution is 2.36. The van der Waals surface area contributed by atoms with Gasteiger partial charge in [-0.1, -0.05) is 36.7 Å². The van der Waals surface area contributed by atoms with E-state index in [-0.39, 0.29) is 11.6 Å². The van der Waals surface area contributed by atoms with E-state index >= 15 is 0 Å². The third kappa shape index (κ3) is 4.22. The van der Waals surface area contributed by atoms with Crippen molar-refractivity contribution >= 4 is 51.7 Å². The van der Waals surface area contributed by atoms with E-state index < -0.39 is 5.91 Å². The Bertz CT molecular complexity index is 1170. The van der Waals surface area contributed by atoms with Crippen LogP contribution in [0.4, 0.5) is 11.4 Å². The lowest BCUT2D eigenvalue weighted by atomic mass is 10.1. The summed E-state index contributed by atoms with van der Waals surface area (Å²) in [6.45, 7) is 4.48. The van der Waals surface area contributed by atoms with Gasteiger partial charge in [-0.3, -0.25) is 9.59 Å². The molecule has 31 heavy (non-hydrogen) atoms. The quantitative estimate of drug-likeness (QED) is 0.454. The molecule has 1 aliphatic rings. The Balaban J connectivity index is 1.73. The number of rotatable bonds is 7. The second-order valence-corrected chi connectivity index (χ2v) is 8.46. The third-order valence-corrected chi connectivity index (χ3v) is 6.14. The first-order valence-electron chi connectivity index (χ1n) is 9.92. The number of hydrogen-bond donors (Lipinski definition) is 1. The molecule has 2 amide bonds. The van der Waals surface area contributed by atoms with Gasteiger partial charge in [0.1, 0.15) is 11.4 Å². The molecule has 0 radical (unpaired) electrons. The zero-order valence-corrected chi connectivity index (χ0v) is 18.7. The SMILES string of the molecule is CCCOc1cccc(N2C(=O)C(Nc3ccc(C)c(Cl)c3)=C(c3cccs3)C2=O)c1. The lowest BCUT2D eigenvalue weighted by Crippen LogP contribution is -2.32. The standard InChI is InChI=1S/C24H21ClN2O3S/c1-3-11-30-18-7-4-6-17(14-18)27-23(28)21(20-8-5-12-31-20)22(24(27)29)26-16-10-9-15(2)19(25)13-16/h4-10,12-14,26H,3,11H2,1-2H3. The van der Waals surface area contributed by atoms with Crippen LogP contribution in [0, 0.1) is 6.92 Å². The molecule has 1 aromatic heterocycles. The van der Waals surface area contributed by atoms with Gasteiger partial charge in [-0.2, -0.15) is 0 Å². The number of nitrogens with one attached hydrogen (secondary N) is 1. The fourth-order valence-corrected chi connectivity index (χ4v) is 4.23. The molecule has 0 bridgehead atoms. The minimum atomic E-state index is -0.419. The van der Waals surface area contributed by atoms with Crippen molar-refractivity contribution in [3.05, 3.63) is 81.1 Å². The van der Waals surface area contributed by atoms with Gasteiger partial charge < -0.3 is 10.1 Å². The van der Waals surface area contributed by atoms with Gasteiger partial charge in [0.15, 0.2) is 0 Å². The second kappa shape index (κ2) is 8.96. The largest absolute Gasteiger partial charge is 0.494 e. The van der Waals surface area contributed by atoms with Crippen molar-refractivity contribution in [2.24, 2.45) is 0 Å². The van der Waals surface area contributed by atoms with Crippen molar-refractivity contribution < 1.29 is 14.3 Å². The van der Waals surface area contributed by atoms with Gasteiger partial charge in [-0.15, -0.1) is 11.3 Å². The van der Waals surface area contributed by atoms with Crippen LogP contribution < -0.4 is 15.0 Å². The summed E-state index contributed by atoms with van der Waals surface area (Å²) in [4.78, 5) is 28.7. The Labute approximate surface area is 189 Å². The molecule has 0 saturated heterocycles. The summed E-state index contributed by atoms with van der Waals surface area (Å²) in [5, 5.41) is 5.59. The maximum absolute atomic E-state index is 13.4. The zero-order valence-electron chi connectivity index (χ0n) is 17.1. The van der Waals surface area contributed by atoms with E-state index in [9.17, 15) is 9.59 Å². The fourth-order valence-electron chi connectivity index (χ4n) is 3.28. The van der Waals surface area contributed by atoms with Gasteiger partial charge in [-0.25, -0.2) is 4.90 Å². The molecular weight excluding hydrogens is 432 g/mol. The van der Waals surface area contributed by atoms with Crippen LogP contribution in [0.3, 0.4) is 0 Å². The van der Waals surface area contributed by atoms with E-state index in [1.165, 1.54) is 16.2 Å². The van der Waals surface area contributed by atoms with Crippen LogP contribution in [0.15, 0.2) is 65.7 Å². The highest BCUT2D eigenvalue weighted by Gasteiger charge is 2.40. The first kappa shape index (κ1) is 21.2. The van der Waals surface area contributed by atoms with Crippen LogP contribution in [0.5, 0.6) is 5.75 Å². The number of carbonyl (C=O) groups excluding carboxylic acids is 2. The van der Waals surface area contributed by atoms with Crippen LogP contribution in [0.25, 0.3) is 5.57 Å². The van der Waals surface area contributed by atoms with Crippen molar-refractivity contribution in [1.29, 1.82) is 0 Å². The molecule has 1 N–H and O–H groups in total. The Morgan fingerprint density at radius 2 is 1.90 bits per heavy atom. The first-order valence-corrected chi connectivity index (χ1v) is 11.2. The summed E-state index contributed by atoms with van der Waals surface area (Å²) in [5.41, 5.74) is 2.61. The van der Waals surface area contributed by atoms with Crippen molar-refractivity contribution in [2.45, 2.75) is 20.3 Å². The molecule has 0 saturated carbocycles. The molecule has 3 aromatic rings. The maximum Gasteiger partial charge on any atom is 0.282 e. The Morgan fingerprint density at radius 1 is 1.06 bits per heavy atom. The fraction of sp³-hybridized carbons (Fsp3) is 0.167. The summed E-state index contributed by atoms with van der Waals surface area (Å²) < 4.78 is 5.68. The molecule has 7 heteroatoms. The molecule has 5 nitrogen and oxygen atoms in total. The number of nitrogens with zero attached hydrogens (tertiary/aromatic N) is 1. The monoisotopic (exact) mass is 452 g/mol. The van der Waals surface area contributed by atoms with E-state index in [2.05, 4.69) is 5.32 Å². The van der Waals surface area contributed by atoms with E-state index in [1.807, 2.05) is 49.6 Å². The Morgan fingerprint density at radius 3 is 2.61 bits per heavy atom. The Kier molecular flexibility index (Phi) is 6.11. The predicted octanol–water partition coefficient (Wildman–Crippen LogP) is 5.90. The average Bonchev–Trinajstić information content (AvgIpc) is 3.36. The molecule has 1 aliphatic heterocycles. The summed E-state index contributed by atoms with van der Waals surface area (Å²) in [7, 11) is 0. The summed E-state index contributed by atoms with van der Waals surface area (Å²) in [6.07, 6.45) is 0.864. The van der Waals surface area contributed by atoms with E-state index in [4.69, 9.17) is 16.3 Å². The maximum atomic E-state index is 13.4. The molecular formula is C24H21ClN2O3S. The minimum absolute atomic E-state index is 0.229. The van der Waals surface area contributed by atoms with Gasteiger partial charge in [-0.05, 0) is 54.6 Å².